The SMILES string of the molecule is Cc1ccc(C(=O)Nc2cc(Cl)c(N)c(Cl)c2)c(=O)[nH]1. The summed E-state index contributed by atoms with van der Waals surface area (Å²) >= 11 is 11.7. The number of rotatable bonds is 2. The Morgan fingerprint density at radius 2 is 1.85 bits per heavy atom. The van der Waals surface area contributed by atoms with Crippen molar-refractivity contribution in [2.45, 2.75) is 6.92 Å². The predicted molar refractivity (Wildman–Crippen MR) is 80.6 cm³/mol. The highest BCUT2D eigenvalue weighted by Crippen LogP contribution is 2.31. The number of nitrogens with one attached hydrogen (secondary N) is 2. The first kappa shape index (κ1) is 14.4. The Hall–Kier alpha value is -1.98. The van der Waals surface area contributed by atoms with Gasteiger partial charge in [-0.25, -0.2) is 0 Å². The Morgan fingerprint density at radius 3 is 2.40 bits per heavy atom. The van der Waals surface area contributed by atoms with Crippen molar-refractivity contribution in [2.75, 3.05) is 11.1 Å². The molecule has 0 bridgehead atoms. The highest BCUT2D eigenvalue weighted by molar-refractivity contribution is 6.39. The van der Waals surface area contributed by atoms with Crippen LogP contribution in [0, 0.1) is 6.92 Å². The van der Waals surface area contributed by atoms with Crippen LogP contribution < -0.4 is 16.6 Å². The molecule has 4 N–H and O–H groups in total. The van der Waals surface area contributed by atoms with Crippen LogP contribution in [0.15, 0.2) is 29.1 Å². The van der Waals surface area contributed by atoms with Gasteiger partial charge in [0.25, 0.3) is 11.5 Å². The van der Waals surface area contributed by atoms with Gasteiger partial charge >= 0.3 is 0 Å². The van der Waals surface area contributed by atoms with Gasteiger partial charge in [-0.05, 0) is 31.2 Å². The van der Waals surface area contributed by atoms with E-state index in [1.54, 1.807) is 13.0 Å². The summed E-state index contributed by atoms with van der Waals surface area (Å²) in [4.78, 5) is 26.2. The lowest BCUT2D eigenvalue weighted by atomic mass is 10.2. The van der Waals surface area contributed by atoms with Crippen LogP contribution in [-0.2, 0) is 0 Å². The van der Waals surface area contributed by atoms with Crippen molar-refractivity contribution >= 4 is 40.5 Å². The van der Waals surface area contributed by atoms with E-state index in [9.17, 15) is 9.59 Å². The number of aromatic nitrogens is 1. The molecule has 0 aliphatic heterocycles. The summed E-state index contributed by atoms with van der Waals surface area (Å²) in [6, 6.07) is 6.01. The topological polar surface area (TPSA) is 88.0 Å². The number of carbonyl (C=O) groups is 1. The third-order valence-corrected chi connectivity index (χ3v) is 3.26. The lowest BCUT2D eigenvalue weighted by Gasteiger charge is -2.08. The number of hydrogen-bond acceptors (Lipinski definition) is 3. The first-order chi connectivity index (χ1) is 9.38. The number of pyridine rings is 1. The van der Waals surface area contributed by atoms with Gasteiger partial charge in [0.2, 0.25) is 0 Å². The zero-order valence-corrected chi connectivity index (χ0v) is 12.0. The number of aryl methyl sites for hydroxylation is 1. The van der Waals surface area contributed by atoms with E-state index < -0.39 is 11.5 Å². The second-order valence-corrected chi connectivity index (χ2v) is 5.01. The number of amides is 1. The van der Waals surface area contributed by atoms with Crippen LogP contribution in [0.4, 0.5) is 11.4 Å². The first-order valence-electron chi connectivity index (χ1n) is 5.64. The minimum atomic E-state index is -0.553. The van der Waals surface area contributed by atoms with Crippen molar-refractivity contribution in [1.29, 1.82) is 0 Å². The number of nitrogen functional groups attached to an aromatic ring is 1. The Morgan fingerprint density at radius 1 is 1.25 bits per heavy atom. The zero-order chi connectivity index (χ0) is 14.9. The fraction of sp³-hybridized carbons (Fsp3) is 0.0769. The summed E-state index contributed by atoms with van der Waals surface area (Å²) in [5.41, 5.74) is 6.41. The summed E-state index contributed by atoms with van der Waals surface area (Å²) < 4.78 is 0. The summed E-state index contributed by atoms with van der Waals surface area (Å²) in [5.74, 6) is -0.553. The molecule has 0 saturated carbocycles. The smallest absolute Gasteiger partial charge is 0.261 e. The molecule has 0 aliphatic rings. The monoisotopic (exact) mass is 311 g/mol. The van der Waals surface area contributed by atoms with Gasteiger partial charge in [-0.3, -0.25) is 9.59 Å². The minimum absolute atomic E-state index is 0.000306. The van der Waals surface area contributed by atoms with E-state index in [4.69, 9.17) is 28.9 Å². The Bertz CT molecular complexity index is 718. The van der Waals surface area contributed by atoms with E-state index in [1.807, 2.05) is 0 Å². The van der Waals surface area contributed by atoms with Crippen LogP contribution in [0.2, 0.25) is 10.0 Å². The van der Waals surface area contributed by atoms with E-state index in [-0.39, 0.29) is 21.3 Å². The molecule has 1 amide bonds. The highest BCUT2D eigenvalue weighted by Gasteiger charge is 2.12. The maximum absolute atomic E-state index is 12.0. The predicted octanol–water partition coefficient (Wildman–Crippen LogP) is 2.82. The maximum atomic E-state index is 12.0. The standard InChI is InChI=1S/C13H11Cl2N3O2/c1-6-2-3-8(12(19)17-6)13(20)18-7-4-9(14)11(16)10(15)5-7/h2-5H,16H2,1H3,(H,17,19)(H,18,20). The Kier molecular flexibility index (Phi) is 4.01. The highest BCUT2D eigenvalue weighted by atomic mass is 35.5. The molecule has 5 nitrogen and oxygen atoms in total. The number of anilines is 2. The molecule has 0 radical (unpaired) electrons. The summed E-state index contributed by atoms with van der Waals surface area (Å²) in [6.45, 7) is 1.72. The summed E-state index contributed by atoms with van der Waals surface area (Å²) in [5, 5.41) is 3.00. The molecule has 1 heterocycles. The van der Waals surface area contributed by atoms with Gasteiger partial charge in [0, 0.05) is 11.4 Å². The number of carbonyl (C=O) groups excluding carboxylic acids is 1. The molecule has 7 heteroatoms. The van der Waals surface area contributed by atoms with Crippen molar-refractivity contribution in [3.05, 3.63) is 55.9 Å². The molecule has 2 rings (SSSR count). The minimum Gasteiger partial charge on any atom is -0.396 e. The van der Waals surface area contributed by atoms with Crippen molar-refractivity contribution < 1.29 is 4.79 Å². The van der Waals surface area contributed by atoms with Gasteiger partial charge in [0.1, 0.15) is 5.56 Å². The molecule has 0 unspecified atom stereocenters. The molecule has 0 fully saturated rings. The molecule has 1 aromatic carbocycles. The molecule has 0 aliphatic carbocycles. The van der Waals surface area contributed by atoms with Crippen molar-refractivity contribution in [3.63, 3.8) is 0 Å². The summed E-state index contributed by atoms with van der Waals surface area (Å²) in [6.07, 6.45) is 0. The van der Waals surface area contributed by atoms with Gasteiger partial charge in [-0.1, -0.05) is 23.2 Å². The van der Waals surface area contributed by atoms with Crippen molar-refractivity contribution in [1.82, 2.24) is 4.98 Å². The number of nitrogens with two attached hydrogens (primary N) is 1. The van der Waals surface area contributed by atoms with E-state index >= 15 is 0 Å². The number of hydrogen-bond donors (Lipinski definition) is 3. The molecule has 104 valence electrons. The lowest BCUT2D eigenvalue weighted by Crippen LogP contribution is -2.23. The van der Waals surface area contributed by atoms with E-state index in [0.717, 1.165) is 0 Å². The first-order valence-corrected chi connectivity index (χ1v) is 6.40. The van der Waals surface area contributed by atoms with Gasteiger partial charge in [0.05, 0.1) is 15.7 Å². The van der Waals surface area contributed by atoms with Crippen LogP contribution >= 0.6 is 23.2 Å². The van der Waals surface area contributed by atoms with Gasteiger partial charge in [-0.15, -0.1) is 0 Å². The average Bonchev–Trinajstić information content (AvgIpc) is 2.35. The molecule has 0 saturated heterocycles. The van der Waals surface area contributed by atoms with Crippen molar-refractivity contribution in [3.8, 4) is 0 Å². The molecule has 2 aromatic rings. The Labute approximate surface area is 124 Å². The quantitative estimate of drug-likeness (QED) is 0.745. The van der Waals surface area contributed by atoms with E-state index in [2.05, 4.69) is 10.3 Å². The fourth-order valence-corrected chi connectivity index (χ4v) is 2.09. The fourth-order valence-electron chi connectivity index (χ4n) is 1.61. The van der Waals surface area contributed by atoms with Crippen LogP contribution in [0.1, 0.15) is 16.1 Å². The van der Waals surface area contributed by atoms with Crippen LogP contribution in [0.3, 0.4) is 0 Å². The van der Waals surface area contributed by atoms with Crippen LogP contribution in [0.25, 0.3) is 0 Å². The number of benzene rings is 1. The van der Waals surface area contributed by atoms with E-state index in [1.165, 1.54) is 18.2 Å². The number of halogens is 2. The normalized spacial score (nSPS) is 10.3. The zero-order valence-electron chi connectivity index (χ0n) is 10.5. The van der Waals surface area contributed by atoms with Gasteiger partial charge in [-0.2, -0.15) is 0 Å². The lowest BCUT2D eigenvalue weighted by molar-refractivity contribution is 0.102. The second kappa shape index (κ2) is 5.56. The second-order valence-electron chi connectivity index (χ2n) is 4.19. The van der Waals surface area contributed by atoms with E-state index in [0.29, 0.717) is 11.4 Å². The molecule has 0 atom stereocenters. The largest absolute Gasteiger partial charge is 0.396 e. The number of H-pyrrole nitrogens is 1. The molecule has 1 aromatic heterocycles. The van der Waals surface area contributed by atoms with Crippen LogP contribution in [0.5, 0.6) is 0 Å². The molecular weight excluding hydrogens is 301 g/mol. The van der Waals surface area contributed by atoms with Gasteiger partial charge in [0.15, 0.2) is 0 Å². The summed E-state index contributed by atoms with van der Waals surface area (Å²) in [7, 11) is 0. The third-order valence-electron chi connectivity index (χ3n) is 2.64. The molecule has 0 spiro atoms. The average molecular weight is 312 g/mol. The number of aromatic amines is 1. The maximum Gasteiger partial charge on any atom is 0.261 e. The van der Waals surface area contributed by atoms with Crippen molar-refractivity contribution in [2.24, 2.45) is 0 Å². The van der Waals surface area contributed by atoms with Crippen LogP contribution in [-0.4, -0.2) is 10.9 Å². The van der Waals surface area contributed by atoms with Gasteiger partial charge < -0.3 is 16.0 Å². The Balaban J connectivity index is 2.30. The third kappa shape index (κ3) is 2.95. The molecular formula is C13H11Cl2N3O2. The molecule has 20 heavy (non-hydrogen) atoms.